The van der Waals surface area contributed by atoms with Crippen molar-refractivity contribution in [2.75, 3.05) is 7.11 Å². The van der Waals surface area contributed by atoms with E-state index in [1.807, 2.05) is 0 Å². The molecule has 0 spiro atoms. The van der Waals surface area contributed by atoms with Crippen molar-refractivity contribution in [2.24, 2.45) is 10.3 Å². The normalized spacial score (nSPS) is 25.5. The monoisotopic (exact) mass is 263 g/mol. The summed E-state index contributed by atoms with van der Waals surface area (Å²) in [6, 6.07) is 4.50. The Bertz CT molecular complexity index is 596. The topological polar surface area (TPSA) is 76.0 Å². The number of rotatable bonds is 0. The molecule has 2 atom stereocenters. The molecule has 0 saturated carbocycles. The third-order valence-corrected chi connectivity index (χ3v) is 4.13. The quantitative estimate of drug-likeness (QED) is 0.717. The van der Waals surface area contributed by atoms with Crippen molar-refractivity contribution in [2.45, 2.75) is 5.25 Å². The predicted molar refractivity (Wildman–Crippen MR) is 66.1 cm³/mol. The summed E-state index contributed by atoms with van der Waals surface area (Å²) in [4.78, 5) is 24.6. The number of nitrogens with zero attached hydrogens (tertiary/aromatic N) is 1. The summed E-state index contributed by atoms with van der Waals surface area (Å²) in [5, 5.41) is 9.20. The lowest BCUT2D eigenvalue weighted by molar-refractivity contribution is 0.0856. The largest absolute Gasteiger partial charge is 0.507 e. The lowest BCUT2D eigenvalue weighted by Gasteiger charge is -2.24. The van der Waals surface area contributed by atoms with Gasteiger partial charge in [-0.2, -0.15) is 4.40 Å². The Labute approximate surface area is 107 Å². The van der Waals surface area contributed by atoms with Crippen LogP contribution in [-0.2, 0) is 4.74 Å². The summed E-state index contributed by atoms with van der Waals surface area (Å²) in [7, 11) is 1.42. The molecular weight excluding hydrogens is 254 g/mol. The molecule has 1 aromatic rings. The van der Waals surface area contributed by atoms with E-state index in [0.717, 1.165) is 11.9 Å². The highest BCUT2D eigenvalue weighted by Gasteiger charge is 2.49. The highest BCUT2D eigenvalue weighted by molar-refractivity contribution is 8.00. The molecule has 0 aromatic heterocycles. The molecule has 0 bridgehead atoms. The van der Waals surface area contributed by atoms with Crippen LogP contribution in [0.15, 0.2) is 22.6 Å². The lowest BCUT2D eigenvalue weighted by atomic mass is 9.81. The number of ketones is 2. The number of aromatic hydroxyl groups is 1. The average Bonchev–Trinajstić information content (AvgIpc) is 2.80. The number of phenolic OH excluding ortho intramolecular Hbond substituents is 1. The van der Waals surface area contributed by atoms with Crippen LogP contribution in [0, 0.1) is 5.92 Å². The molecule has 1 N–H and O–H groups in total. The maximum atomic E-state index is 12.3. The highest BCUT2D eigenvalue weighted by atomic mass is 32.2. The molecule has 1 aromatic carbocycles. The summed E-state index contributed by atoms with van der Waals surface area (Å²) in [5.41, 5.74) is 0.345. The fourth-order valence-electron chi connectivity index (χ4n) is 2.28. The zero-order chi connectivity index (χ0) is 12.9. The minimum Gasteiger partial charge on any atom is -0.507 e. The highest BCUT2D eigenvalue weighted by Crippen LogP contribution is 2.41. The van der Waals surface area contributed by atoms with Gasteiger partial charge in [0.05, 0.1) is 12.7 Å². The third kappa shape index (κ3) is 1.32. The number of benzene rings is 1. The van der Waals surface area contributed by atoms with Crippen molar-refractivity contribution in [1.29, 1.82) is 0 Å². The smallest absolute Gasteiger partial charge is 0.207 e. The lowest BCUT2D eigenvalue weighted by Crippen LogP contribution is -2.40. The second-order valence-electron chi connectivity index (χ2n) is 4.07. The van der Waals surface area contributed by atoms with E-state index in [1.165, 1.54) is 13.2 Å². The first-order valence-electron chi connectivity index (χ1n) is 5.33. The van der Waals surface area contributed by atoms with Crippen LogP contribution >= 0.6 is 11.9 Å². The van der Waals surface area contributed by atoms with Crippen LogP contribution < -0.4 is 0 Å². The van der Waals surface area contributed by atoms with Crippen LogP contribution in [0.3, 0.4) is 0 Å². The standard InChI is InChI=1S/C12H9NO4S/c1-17-12-8-10(16)7-5(3-2-4-6(7)14)9(15)11(8)18-13-12/h2-4,8,11,14H,1H3. The summed E-state index contributed by atoms with van der Waals surface area (Å²) < 4.78 is 9.03. The van der Waals surface area contributed by atoms with Crippen molar-refractivity contribution >= 4 is 29.4 Å². The Balaban J connectivity index is 2.19. The molecule has 5 nitrogen and oxygen atoms in total. The zero-order valence-electron chi connectivity index (χ0n) is 9.41. The average molecular weight is 263 g/mol. The molecule has 0 radical (unpaired) electrons. The number of Topliss-reactive ketones (excluding diaryl/α,β-unsaturated/α-hetero) is 2. The molecular formula is C12H9NO4S. The molecule has 0 saturated heterocycles. The van der Waals surface area contributed by atoms with Crippen LogP contribution in [0.5, 0.6) is 5.75 Å². The molecule has 2 unspecified atom stereocenters. The first kappa shape index (κ1) is 11.3. The molecule has 1 aliphatic heterocycles. The van der Waals surface area contributed by atoms with Crippen molar-refractivity contribution in [1.82, 2.24) is 0 Å². The Morgan fingerprint density at radius 2 is 2.11 bits per heavy atom. The van der Waals surface area contributed by atoms with Gasteiger partial charge in [0.15, 0.2) is 11.6 Å². The molecule has 6 heteroatoms. The van der Waals surface area contributed by atoms with Gasteiger partial charge in [-0.15, -0.1) is 0 Å². The van der Waals surface area contributed by atoms with Gasteiger partial charge in [-0.3, -0.25) is 9.59 Å². The van der Waals surface area contributed by atoms with Gasteiger partial charge < -0.3 is 9.84 Å². The van der Waals surface area contributed by atoms with Crippen LogP contribution in [0.25, 0.3) is 0 Å². The number of carbonyl (C=O) groups excluding carboxylic acids is 2. The third-order valence-electron chi connectivity index (χ3n) is 3.13. The van der Waals surface area contributed by atoms with Crippen molar-refractivity contribution in [3.05, 3.63) is 29.3 Å². The SMILES string of the molecule is COC1=NSC2C(=O)c3cccc(O)c3C(=O)C12. The molecule has 1 aliphatic carbocycles. The Kier molecular flexibility index (Phi) is 2.41. The second-order valence-corrected chi connectivity index (χ2v) is 4.97. The van der Waals surface area contributed by atoms with Crippen LogP contribution in [0.1, 0.15) is 20.7 Å². The van der Waals surface area contributed by atoms with Crippen LogP contribution in [-0.4, -0.2) is 34.9 Å². The molecule has 1 heterocycles. The molecule has 0 amide bonds. The summed E-state index contributed by atoms with van der Waals surface area (Å²) >= 11 is 1.05. The summed E-state index contributed by atoms with van der Waals surface area (Å²) in [6.07, 6.45) is 0. The molecule has 92 valence electrons. The molecule has 0 fully saturated rings. The van der Waals surface area contributed by atoms with Crippen LogP contribution in [0.2, 0.25) is 0 Å². The molecule has 3 rings (SSSR count). The summed E-state index contributed by atoms with van der Waals surface area (Å²) in [6.45, 7) is 0. The number of fused-ring (bicyclic) bond motifs is 2. The van der Waals surface area contributed by atoms with Gasteiger partial charge >= 0.3 is 0 Å². The number of hydrogen-bond donors (Lipinski definition) is 1. The maximum Gasteiger partial charge on any atom is 0.207 e. The first-order chi connectivity index (χ1) is 8.65. The van der Waals surface area contributed by atoms with E-state index >= 15 is 0 Å². The van der Waals surface area contributed by atoms with Crippen LogP contribution in [0.4, 0.5) is 0 Å². The van der Waals surface area contributed by atoms with Gasteiger partial charge in [0.2, 0.25) is 5.90 Å². The fourth-order valence-corrected chi connectivity index (χ4v) is 3.27. The zero-order valence-corrected chi connectivity index (χ0v) is 10.2. The molecule has 2 aliphatic rings. The van der Waals surface area contributed by atoms with Gasteiger partial charge in [0.1, 0.15) is 16.9 Å². The van der Waals surface area contributed by atoms with Crippen molar-refractivity contribution in [3.8, 4) is 5.75 Å². The van der Waals surface area contributed by atoms with E-state index in [-0.39, 0.29) is 34.3 Å². The Morgan fingerprint density at radius 1 is 1.33 bits per heavy atom. The fraction of sp³-hybridized carbons (Fsp3) is 0.250. The number of methoxy groups -OCH3 is 1. The van der Waals surface area contributed by atoms with Crippen molar-refractivity contribution in [3.63, 3.8) is 0 Å². The van der Waals surface area contributed by atoms with Gasteiger partial charge in [-0.05, 0) is 18.0 Å². The molecule has 18 heavy (non-hydrogen) atoms. The summed E-state index contributed by atoms with van der Waals surface area (Å²) in [5.74, 6) is -1.13. The van der Waals surface area contributed by atoms with E-state index in [2.05, 4.69) is 4.40 Å². The number of hydrogen-bond acceptors (Lipinski definition) is 6. The van der Waals surface area contributed by atoms with E-state index in [0.29, 0.717) is 0 Å². The van der Waals surface area contributed by atoms with Gasteiger partial charge in [0, 0.05) is 5.56 Å². The van der Waals surface area contributed by atoms with E-state index < -0.39 is 11.2 Å². The Hall–Kier alpha value is -1.82. The Morgan fingerprint density at radius 3 is 2.83 bits per heavy atom. The maximum absolute atomic E-state index is 12.3. The van der Waals surface area contributed by atoms with E-state index in [1.54, 1.807) is 12.1 Å². The second kappa shape index (κ2) is 3.84. The van der Waals surface area contributed by atoms with E-state index in [9.17, 15) is 14.7 Å². The number of phenols is 1. The number of carbonyl (C=O) groups is 2. The first-order valence-corrected chi connectivity index (χ1v) is 6.17. The minimum atomic E-state index is -0.715. The predicted octanol–water partition coefficient (Wildman–Crippen LogP) is 1.46. The van der Waals surface area contributed by atoms with E-state index in [4.69, 9.17) is 4.74 Å². The number of ether oxygens (including phenoxy) is 1. The van der Waals surface area contributed by atoms with Gasteiger partial charge in [-0.25, -0.2) is 0 Å². The minimum absolute atomic E-state index is 0.0796. The van der Waals surface area contributed by atoms with Crippen molar-refractivity contribution < 1.29 is 19.4 Å². The van der Waals surface area contributed by atoms with Gasteiger partial charge in [0.25, 0.3) is 0 Å². The van der Waals surface area contributed by atoms with Gasteiger partial charge in [-0.1, -0.05) is 12.1 Å².